The molecule has 400 valence electrons. The number of hydrogen-bond donors (Lipinski definition) is 7. The van der Waals surface area contributed by atoms with E-state index in [0.29, 0.717) is 52.6 Å². The maximum atomic E-state index is 12.0. The molecule has 0 radical (unpaired) electrons. The first-order chi connectivity index (χ1) is 31.0. The lowest BCUT2D eigenvalue weighted by molar-refractivity contribution is 0.355. The Hall–Kier alpha value is -1.11. The van der Waals surface area contributed by atoms with E-state index in [1.807, 2.05) is 16.5 Å². The Morgan fingerprint density at radius 2 is 0.926 bits per heavy atom. The van der Waals surface area contributed by atoms with E-state index in [1.54, 1.807) is 41.2 Å². The molecule has 2 aromatic carbocycles. The quantitative estimate of drug-likeness (QED) is 0.0306. The van der Waals surface area contributed by atoms with Gasteiger partial charge in [0.2, 0.25) is 0 Å². The number of nitrogens with two attached hydrogens (primary N) is 1. The van der Waals surface area contributed by atoms with E-state index >= 15 is 0 Å². The Kier molecular flexibility index (Phi) is 43.6. The van der Waals surface area contributed by atoms with Crippen molar-refractivity contribution in [2.45, 2.75) is 5.16 Å². The van der Waals surface area contributed by atoms with Crippen LogP contribution in [0.2, 0.25) is 0 Å². The molecule has 8 N–H and O–H groups in total. The third-order valence-electron chi connectivity index (χ3n) is 5.80. The van der Waals surface area contributed by atoms with E-state index < -0.39 is 47.2 Å². The standard InChI is InChI=1S/C13H19N5O4S2.C10H15ClN2O4S.2C2H5Cl2NO2S.C2H6ClN.Cl2O2S.ClH/c1-18-9-14-16-13(18)23-7-6-15-24(19,20)17-10-4-5-11(21-2)12(8-10)22-3;1-16-9-4-3-8(7-10(9)17-2)13-18(14,15)12-6-5-11;2*3-1-2-5-8(4,6)7;3-1-2-4;1-5(2,3)4;/h4-5,8-9,15,17H,6-7H2,1-3H3;3-4,7,12-13H,5-6H2,1-2H3;2*5H,1-2H2;1-2,4H2;;1H. The molecule has 0 fully saturated rings. The van der Waals surface area contributed by atoms with Gasteiger partial charge in [0.1, 0.15) is 6.33 Å². The second-order valence-electron chi connectivity index (χ2n) is 10.8. The number of aromatic nitrogens is 3. The average Bonchev–Trinajstić information content (AvgIpc) is 3.66. The summed E-state index contributed by atoms with van der Waals surface area (Å²) in [6.07, 6.45) is 1.59. The van der Waals surface area contributed by atoms with Gasteiger partial charge in [-0.3, -0.25) is 9.44 Å². The van der Waals surface area contributed by atoms with Crippen molar-refractivity contribution < 1.29 is 61.0 Å². The third kappa shape index (κ3) is 44.8. The van der Waals surface area contributed by atoms with Crippen LogP contribution in [0.15, 0.2) is 47.9 Å². The van der Waals surface area contributed by atoms with Gasteiger partial charge in [0, 0.05) is 124 Å². The van der Waals surface area contributed by atoms with E-state index in [9.17, 15) is 33.7 Å². The Labute approximate surface area is 446 Å². The Bertz CT molecular complexity index is 2340. The Morgan fingerprint density at radius 1 is 0.588 bits per heavy atom. The number of hydrogen-bond acceptors (Lipinski definition) is 18. The number of benzene rings is 2. The van der Waals surface area contributed by atoms with Crippen LogP contribution >= 0.6 is 113 Å². The van der Waals surface area contributed by atoms with Crippen molar-refractivity contribution in [1.82, 2.24) is 33.7 Å². The number of ether oxygens (including phenoxy) is 4. The zero-order chi connectivity index (χ0) is 52.3. The molecule has 0 spiro atoms. The fourth-order valence-electron chi connectivity index (χ4n) is 3.40. The molecule has 0 aliphatic heterocycles. The summed E-state index contributed by atoms with van der Waals surface area (Å²) in [5, 5.41) is 8.39. The SMILES string of the molecule is COc1ccc(NS(=O)(=O)NCCCl)cc1OC.COc1ccc(NS(=O)(=O)NCCSc2nncn2C)cc1OC.Cl.NCCCl.O=S(=O)(Cl)Cl.O=S(=O)(Cl)NCCCl.O=S(=O)(Cl)NCCCl. The highest BCUT2D eigenvalue weighted by molar-refractivity contribution is 8.31. The smallest absolute Gasteiger partial charge is 0.317 e. The summed E-state index contributed by atoms with van der Waals surface area (Å²) in [5.74, 6) is 3.68. The first kappa shape index (κ1) is 73.4. The summed E-state index contributed by atoms with van der Waals surface area (Å²) in [7, 11) is 7.64. The number of rotatable bonds is 23. The van der Waals surface area contributed by atoms with Gasteiger partial charge in [-0.05, 0) is 24.3 Å². The molecule has 0 saturated heterocycles. The van der Waals surface area contributed by atoms with Crippen LogP contribution in [0.3, 0.4) is 0 Å². The summed E-state index contributed by atoms with van der Waals surface area (Å²) in [5.41, 5.74) is 5.64. The van der Waals surface area contributed by atoms with Crippen molar-refractivity contribution in [3.05, 3.63) is 42.7 Å². The predicted molar refractivity (Wildman–Crippen MR) is 277 cm³/mol. The lowest BCUT2D eigenvalue weighted by Gasteiger charge is -2.12. The van der Waals surface area contributed by atoms with Gasteiger partial charge in [0.15, 0.2) is 28.2 Å². The minimum Gasteiger partial charge on any atom is -0.493 e. The van der Waals surface area contributed by atoms with E-state index in [-0.39, 0.29) is 56.2 Å². The first-order valence-electron chi connectivity index (χ1n) is 17.4. The molecule has 0 aliphatic rings. The third-order valence-corrected chi connectivity index (χ3v) is 11.6. The lowest BCUT2D eigenvalue weighted by atomic mass is 10.3. The van der Waals surface area contributed by atoms with E-state index in [2.05, 4.69) is 50.5 Å². The highest BCUT2D eigenvalue weighted by Crippen LogP contribution is 2.31. The van der Waals surface area contributed by atoms with Crippen LogP contribution in [0.1, 0.15) is 0 Å². The number of aryl methyl sites for hydroxylation is 1. The molecular weight excluding hydrogens is 1220 g/mol. The van der Waals surface area contributed by atoms with Crippen LogP contribution in [0.25, 0.3) is 0 Å². The molecule has 3 rings (SSSR count). The molecule has 1 heterocycles. The highest BCUT2D eigenvalue weighted by atomic mass is 36.0. The monoisotopic (exact) mass is 1270 g/mol. The van der Waals surface area contributed by atoms with Gasteiger partial charge >= 0.3 is 8.26 Å². The number of thioether (sulfide) groups is 1. The van der Waals surface area contributed by atoms with Crippen LogP contribution in [-0.2, 0) is 54.2 Å². The largest absolute Gasteiger partial charge is 0.493 e. The molecule has 0 saturated carbocycles. The summed E-state index contributed by atoms with van der Waals surface area (Å²) in [6, 6.07) is 9.47. The molecule has 68 heavy (non-hydrogen) atoms. The molecule has 1 aromatic heterocycles. The van der Waals surface area contributed by atoms with Crippen LogP contribution in [0.4, 0.5) is 11.4 Å². The zero-order valence-electron chi connectivity index (χ0n) is 36.1. The predicted octanol–water partition coefficient (Wildman–Crippen LogP) is 3.97. The van der Waals surface area contributed by atoms with Gasteiger partial charge in [0.25, 0.3) is 38.9 Å². The van der Waals surface area contributed by atoms with E-state index in [1.165, 1.54) is 46.3 Å². The number of nitrogens with zero attached hydrogens (tertiary/aromatic N) is 3. The zero-order valence-corrected chi connectivity index (χ0v) is 47.9. The number of nitrogens with one attached hydrogen (secondary N) is 6. The minimum atomic E-state index is -3.72. The second-order valence-corrected chi connectivity index (χ2v) is 24.8. The van der Waals surface area contributed by atoms with Crippen LogP contribution < -0.4 is 53.0 Å². The van der Waals surface area contributed by atoms with E-state index in [4.69, 9.17) is 101 Å². The summed E-state index contributed by atoms with van der Waals surface area (Å²) in [6.45, 7) is 1.34. The first-order valence-corrected chi connectivity index (χ1v) is 31.3. The van der Waals surface area contributed by atoms with E-state index in [0.717, 1.165) is 5.16 Å². The Morgan fingerprint density at radius 3 is 1.19 bits per heavy atom. The molecular formula is C29H51Cl9N10O14S6. The number of halogens is 9. The van der Waals surface area contributed by atoms with Crippen molar-refractivity contribution in [2.75, 3.05) is 99.9 Å². The summed E-state index contributed by atoms with van der Waals surface area (Å²) < 4.78 is 141. The summed E-state index contributed by atoms with van der Waals surface area (Å²) in [4.78, 5) is 0. The maximum Gasteiger partial charge on any atom is 0.317 e. The molecule has 24 nitrogen and oxygen atoms in total. The molecule has 0 atom stereocenters. The molecule has 0 bridgehead atoms. The molecule has 0 aliphatic carbocycles. The number of methoxy groups -OCH3 is 4. The van der Waals surface area contributed by atoms with Gasteiger partial charge < -0.3 is 29.2 Å². The maximum absolute atomic E-state index is 12.0. The van der Waals surface area contributed by atoms with Crippen LogP contribution in [-0.4, -0.2) is 147 Å². The van der Waals surface area contributed by atoms with Gasteiger partial charge in [-0.25, -0.2) is 9.44 Å². The normalized spacial score (nSPS) is 11.0. The lowest BCUT2D eigenvalue weighted by Crippen LogP contribution is -2.31. The summed E-state index contributed by atoms with van der Waals surface area (Å²) >= 11 is 22.1. The highest BCUT2D eigenvalue weighted by Gasteiger charge is 2.13. The van der Waals surface area contributed by atoms with Gasteiger partial charge in [-0.15, -0.1) is 69.0 Å². The number of alkyl halides is 4. The van der Waals surface area contributed by atoms with Crippen molar-refractivity contribution in [3.63, 3.8) is 0 Å². The van der Waals surface area contributed by atoms with Crippen LogP contribution in [0.5, 0.6) is 23.0 Å². The molecule has 0 unspecified atom stereocenters. The molecule has 3 aromatic rings. The van der Waals surface area contributed by atoms with Crippen molar-refractivity contribution in [1.29, 1.82) is 0 Å². The van der Waals surface area contributed by atoms with Crippen molar-refractivity contribution in [2.24, 2.45) is 12.8 Å². The Balaban J connectivity index is -0.000000407. The fraction of sp³-hybridized carbons (Fsp3) is 0.517. The van der Waals surface area contributed by atoms with Gasteiger partial charge in [-0.1, -0.05) is 11.8 Å². The molecule has 39 heteroatoms. The molecule has 0 amide bonds. The number of anilines is 2. The second kappa shape index (κ2) is 40.4. The van der Waals surface area contributed by atoms with Crippen LogP contribution in [0, 0.1) is 0 Å². The average molecular weight is 1280 g/mol. The van der Waals surface area contributed by atoms with Crippen molar-refractivity contribution >= 4 is 172 Å². The van der Waals surface area contributed by atoms with Gasteiger partial charge in [0.05, 0.1) is 39.8 Å². The fourth-order valence-corrected chi connectivity index (χ4v) is 7.80. The van der Waals surface area contributed by atoms with Crippen molar-refractivity contribution in [3.8, 4) is 23.0 Å². The minimum absolute atomic E-state index is 0. The topological polar surface area (TPSA) is 337 Å². The van der Waals surface area contributed by atoms with Gasteiger partial charge in [-0.2, -0.15) is 51.5 Å².